The second-order valence-corrected chi connectivity index (χ2v) is 6.57. The van der Waals surface area contributed by atoms with Gasteiger partial charge in [0.05, 0.1) is 24.0 Å². The van der Waals surface area contributed by atoms with Crippen molar-refractivity contribution in [2.24, 2.45) is 0 Å². The molecule has 8 nitrogen and oxygen atoms in total. The molecule has 1 aliphatic heterocycles. The number of hydrogen-bond acceptors (Lipinski definition) is 7. The summed E-state index contributed by atoms with van der Waals surface area (Å²) in [7, 11) is 0. The fourth-order valence-electron chi connectivity index (χ4n) is 3.12. The Hall–Kier alpha value is -3.99. The molecule has 0 unspecified atom stereocenters. The average molecular weight is 385 g/mol. The number of rotatable bonds is 4. The van der Waals surface area contributed by atoms with Crippen molar-refractivity contribution in [3.05, 3.63) is 72.3 Å². The highest BCUT2D eigenvalue weighted by Crippen LogP contribution is 2.16. The molecule has 1 fully saturated rings. The lowest BCUT2D eigenvalue weighted by molar-refractivity contribution is 0.0740. The fraction of sp³-hybridized carbons (Fsp3) is 0.190. The van der Waals surface area contributed by atoms with Crippen molar-refractivity contribution in [3.8, 4) is 6.07 Å². The van der Waals surface area contributed by atoms with Crippen LogP contribution in [-0.2, 0) is 0 Å². The molecule has 0 bridgehead atoms. The molecule has 3 heterocycles. The van der Waals surface area contributed by atoms with Crippen molar-refractivity contribution in [1.82, 2.24) is 19.9 Å². The number of nitrogens with zero attached hydrogens (tertiary/aromatic N) is 6. The molecular formula is C21H19N7O. The van der Waals surface area contributed by atoms with Crippen molar-refractivity contribution in [1.29, 1.82) is 5.26 Å². The minimum absolute atomic E-state index is 0.122. The molecule has 4 rings (SSSR count). The minimum atomic E-state index is -0.122. The van der Waals surface area contributed by atoms with Crippen LogP contribution >= 0.6 is 0 Å². The number of nitrogens with one attached hydrogen (secondary N) is 1. The Kier molecular flexibility index (Phi) is 5.29. The van der Waals surface area contributed by atoms with Crippen molar-refractivity contribution in [2.75, 3.05) is 36.4 Å². The number of aromatic nitrogens is 3. The summed E-state index contributed by atoms with van der Waals surface area (Å²) in [5.41, 5.74) is 1.70. The number of anilines is 3. The summed E-state index contributed by atoms with van der Waals surface area (Å²) < 4.78 is 0. The number of carbonyl (C=O) groups excluding carboxylic acids is 1. The lowest BCUT2D eigenvalue weighted by atomic mass is 10.2. The maximum Gasteiger partial charge on any atom is 0.274 e. The van der Waals surface area contributed by atoms with Gasteiger partial charge in [0.25, 0.3) is 5.91 Å². The quantitative estimate of drug-likeness (QED) is 0.736. The number of hydrogen-bond donors (Lipinski definition) is 1. The van der Waals surface area contributed by atoms with Crippen LogP contribution in [-0.4, -0.2) is 51.9 Å². The molecule has 0 saturated carbocycles. The number of benzene rings is 1. The molecule has 2 aromatic heterocycles. The van der Waals surface area contributed by atoms with E-state index in [9.17, 15) is 4.79 Å². The van der Waals surface area contributed by atoms with Crippen molar-refractivity contribution in [2.45, 2.75) is 0 Å². The summed E-state index contributed by atoms with van der Waals surface area (Å²) in [4.78, 5) is 29.6. The van der Waals surface area contributed by atoms with E-state index in [-0.39, 0.29) is 5.91 Å². The number of amides is 1. The van der Waals surface area contributed by atoms with Gasteiger partial charge in [-0.15, -0.1) is 0 Å². The first-order valence-corrected chi connectivity index (χ1v) is 9.27. The highest BCUT2D eigenvalue weighted by molar-refractivity contribution is 5.92. The van der Waals surface area contributed by atoms with Gasteiger partial charge in [-0.2, -0.15) is 5.26 Å². The van der Waals surface area contributed by atoms with Crippen LogP contribution in [0.5, 0.6) is 0 Å². The van der Waals surface area contributed by atoms with E-state index in [0.717, 1.165) is 24.6 Å². The lowest BCUT2D eigenvalue weighted by Crippen LogP contribution is -2.49. The number of carbonyl (C=O) groups is 1. The molecule has 1 aromatic carbocycles. The van der Waals surface area contributed by atoms with Crippen LogP contribution < -0.4 is 10.2 Å². The SMILES string of the molecule is N#Cc1ccc(Nc2cnc(C(=O)N3CCN(c4ccccn4)CC3)cn2)cc1. The molecule has 0 atom stereocenters. The van der Waals surface area contributed by atoms with Gasteiger partial charge in [-0.3, -0.25) is 4.79 Å². The number of piperazine rings is 1. The lowest BCUT2D eigenvalue weighted by Gasteiger charge is -2.35. The molecular weight excluding hydrogens is 366 g/mol. The van der Waals surface area contributed by atoms with E-state index in [4.69, 9.17) is 5.26 Å². The summed E-state index contributed by atoms with van der Waals surface area (Å²) in [6.07, 6.45) is 4.80. The molecule has 1 amide bonds. The van der Waals surface area contributed by atoms with Crippen molar-refractivity contribution >= 4 is 23.2 Å². The summed E-state index contributed by atoms with van der Waals surface area (Å²) in [5, 5.41) is 11.9. The van der Waals surface area contributed by atoms with Crippen molar-refractivity contribution < 1.29 is 4.79 Å². The molecule has 0 aliphatic carbocycles. The third-order valence-corrected chi connectivity index (χ3v) is 4.70. The number of nitriles is 1. The van der Waals surface area contributed by atoms with Gasteiger partial charge in [0.1, 0.15) is 17.3 Å². The molecule has 3 aromatic rings. The molecule has 144 valence electrons. The van der Waals surface area contributed by atoms with Gasteiger partial charge in [-0.05, 0) is 36.4 Å². The molecule has 1 N–H and O–H groups in total. The van der Waals surface area contributed by atoms with E-state index in [0.29, 0.717) is 30.2 Å². The minimum Gasteiger partial charge on any atom is -0.353 e. The predicted molar refractivity (Wildman–Crippen MR) is 109 cm³/mol. The van der Waals surface area contributed by atoms with Crippen LogP contribution in [0, 0.1) is 11.3 Å². The first-order chi connectivity index (χ1) is 14.2. The topological polar surface area (TPSA) is 98.0 Å². The first kappa shape index (κ1) is 18.4. The Labute approximate surface area is 168 Å². The Bertz CT molecular complexity index is 1010. The zero-order chi connectivity index (χ0) is 20.1. The molecule has 8 heteroatoms. The largest absolute Gasteiger partial charge is 0.353 e. The van der Waals surface area contributed by atoms with Gasteiger partial charge in [0, 0.05) is 38.1 Å². The van der Waals surface area contributed by atoms with Gasteiger partial charge in [-0.25, -0.2) is 15.0 Å². The Morgan fingerprint density at radius 3 is 2.38 bits per heavy atom. The third kappa shape index (κ3) is 4.30. The van der Waals surface area contributed by atoms with Gasteiger partial charge in [0.2, 0.25) is 0 Å². The Morgan fingerprint density at radius 1 is 0.966 bits per heavy atom. The van der Waals surface area contributed by atoms with Crippen LogP contribution in [0.3, 0.4) is 0 Å². The Balaban J connectivity index is 1.35. The molecule has 1 aliphatic rings. The van der Waals surface area contributed by atoms with Crippen LogP contribution in [0.2, 0.25) is 0 Å². The summed E-state index contributed by atoms with van der Waals surface area (Å²) in [6, 6.07) is 14.9. The molecule has 29 heavy (non-hydrogen) atoms. The maximum atomic E-state index is 12.7. The van der Waals surface area contributed by atoms with E-state index in [1.165, 1.54) is 12.4 Å². The van der Waals surface area contributed by atoms with E-state index < -0.39 is 0 Å². The van der Waals surface area contributed by atoms with E-state index in [1.54, 1.807) is 35.4 Å². The van der Waals surface area contributed by atoms with Crippen LogP contribution in [0.25, 0.3) is 0 Å². The van der Waals surface area contributed by atoms with E-state index in [2.05, 4.69) is 31.2 Å². The van der Waals surface area contributed by atoms with E-state index >= 15 is 0 Å². The zero-order valence-electron chi connectivity index (χ0n) is 15.7. The van der Waals surface area contributed by atoms with Crippen LogP contribution in [0.4, 0.5) is 17.3 Å². The van der Waals surface area contributed by atoms with Gasteiger partial charge < -0.3 is 15.1 Å². The van der Waals surface area contributed by atoms with Gasteiger partial charge in [-0.1, -0.05) is 6.07 Å². The van der Waals surface area contributed by atoms with Crippen LogP contribution in [0.15, 0.2) is 61.1 Å². The van der Waals surface area contributed by atoms with Gasteiger partial charge >= 0.3 is 0 Å². The molecule has 0 spiro atoms. The van der Waals surface area contributed by atoms with E-state index in [1.807, 2.05) is 18.2 Å². The normalized spacial score (nSPS) is 13.6. The predicted octanol–water partition coefficient (Wildman–Crippen LogP) is 2.45. The van der Waals surface area contributed by atoms with Gasteiger partial charge in [0.15, 0.2) is 0 Å². The summed E-state index contributed by atoms with van der Waals surface area (Å²) in [5.74, 6) is 1.34. The highest BCUT2D eigenvalue weighted by Gasteiger charge is 2.23. The standard InChI is InChI=1S/C21H19N7O/c22-13-16-4-6-17(7-5-16)26-19-15-24-18(14-25-19)21(29)28-11-9-27(10-12-28)20-3-1-2-8-23-20/h1-8,14-15H,9-12H2,(H,25,26). The second kappa shape index (κ2) is 8.35. The van der Waals surface area contributed by atoms with Crippen LogP contribution in [0.1, 0.15) is 16.1 Å². The molecule has 0 radical (unpaired) electrons. The number of pyridine rings is 1. The van der Waals surface area contributed by atoms with Crippen molar-refractivity contribution in [3.63, 3.8) is 0 Å². The third-order valence-electron chi connectivity index (χ3n) is 4.70. The first-order valence-electron chi connectivity index (χ1n) is 9.27. The second-order valence-electron chi connectivity index (χ2n) is 6.57. The molecule has 1 saturated heterocycles. The fourth-order valence-corrected chi connectivity index (χ4v) is 3.12. The summed E-state index contributed by atoms with van der Waals surface area (Å²) in [6.45, 7) is 2.69. The smallest absolute Gasteiger partial charge is 0.274 e. The zero-order valence-corrected chi connectivity index (χ0v) is 15.7. The summed E-state index contributed by atoms with van der Waals surface area (Å²) >= 11 is 0. The Morgan fingerprint density at radius 2 is 1.76 bits per heavy atom. The monoisotopic (exact) mass is 385 g/mol. The highest BCUT2D eigenvalue weighted by atomic mass is 16.2. The average Bonchev–Trinajstić information content (AvgIpc) is 2.80. The maximum absolute atomic E-state index is 12.7.